The number of hydrogen-bond acceptors (Lipinski definition) is 1. The Balaban J connectivity index is 1.71. The van der Waals surface area contributed by atoms with Crippen LogP contribution in [0.15, 0.2) is 48.5 Å². The van der Waals surface area contributed by atoms with Gasteiger partial charge < -0.3 is 0 Å². The first-order chi connectivity index (χ1) is 10.8. The third kappa shape index (κ3) is 2.11. The van der Waals surface area contributed by atoms with E-state index >= 15 is 0 Å². The molecule has 2 aliphatic rings. The summed E-state index contributed by atoms with van der Waals surface area (Å²) in [4.78, 5) is 12.5. The highest BCUT2D eigenvalue weighted by Crippen LogP contribution is 2.48. The zero-order chi connectivity index (χ0) is 15.1. The van der Waals surface area contributed by atoms with Crippen molar-refractivity contribution in [3.8, 4) is 11.1 Å². The van der Waals surface area contributed by atoms with Crippen molar-refractivity contribution in [2.75, 3.05) is 0 Å². The van der Waals surface area contributed by atoms with Gasteiger partial charge in [0.25, 0.3) is 0 Å². The van der Waals surface area contributed by atoms with Gasteiger partial charge in [-0.15, -0.1) is 0 Å². The number of hydrogen-bond donors (Lipinski definition) is 0. The molecule has 1 saturated carbocycles. The highest BCUT2D eigenvalue weighted by molar-refractivity contribution is 5.85. The second-order valence-corrected chi connectivity index (χ2v) is 6.89. The van der Waals surface area contributed by atoms with Crippen molar-refractivity contribution in [1.82, 2.24) is 0 Å². The molecule has 1 nitrogen and oxygen atoms in total. The summed E-state index contributed by atoms with van der Waals surface area (Å²) in [7, 11) is 0. The van der Waals surface area contributed by atoms with E-state index in [4.69, 9.17) is 0 Å². The summed E-state index contributed by atoms with van der Waals surface area (Å²) in [6.45, 7) is 2.10. The van der Waals surface area contributed by atoms with Crippen LogP contribution >= 0.6 is 0 Å². The largest absolute Gasteiger partial charge is 0.299 e. The predicted molar refractivity (Wildman–Crippen MR) is 89.9 cm³/mol. The van der Waals surface area contributed by atoms with Crippen LogP contribution in [0.1, 0.15) is 49.7 Å². The molecule has 0 aromatic heterocycles. The number of benzene rings is 2. The van der Waals surface area contributed by atoms with Gasteiger partial charge in [0.1, 0.15) is 5.78 Å². The molecule has 0 bridgehead atoms. The highest BCUT2D eigenvalue weighted by atomic mass is 16.1. The zero-order valence-electron chi connectivity index (χ0n) is 13.1. The molecule has 0 amide bonds. The second kappa shape index (κ2) is 5.39. The van der Waals surface area contributed by atoms with E-state index in [1.165, 1.54) is 28.7 Å². The Bertz CT molecular complexity index is 670. The molecule has 0 radical (unpaired) electrons. The summed E-state index contributed by atoms with van der Waals surface area (Å²) in [5.41, 5.74) is 5.54. The minimum Gasteiger partial charge on any atom is -0.299 e. The topological polar surface area (TPSA) is 17.1 Å². The average molecular weight is 290 g/mol. The van der Waals surface area contributed by atoms with Gasteiger partial charge in [-0.1, -0.05) is 61.9 Å². The van der Waals surface area contributed by atoms with Crippen molar-refractivity contribution in [1.29, 1.82) is 0 Å². The van der Waals surface area contributed by atoms with Crippen molar-refractivity contribution in [3.05, 3.63) is 59.7 Å². The summed E-state index contributed by atoms with van der Waals surface area (Å²) in [6.07, 6.45) is 4.34. The Kier molecular flexibility index (Phi) is 3.37. The van der Waals surface area contributed by atoms with E-state index in [2.05, 4.69) is 55.5 Å². The molecule has 112 valence electrons. The molecular formula is C21H22O. The zero-order valence-corrected chi connectivity index (χ0v) is 13.1. The quantitative estimate of drug-likeness (QED) is 0.743. The van der Waals surface area contributed by atoms with Crippen LogP contribution in [0.4, 0.5) is 0 Å². The normalized spacial score (nSPS) is 24.1. The molecule has 2 atom stereocenters. The lowest BCUT2D eigenvalue weighted by atomic mass is 9.75. The van der Waals surface area contributed by atoms with Crippen molar-refractivity contribution >= 4 is 5.78 Å². The number of Topliss-reactive ketones (excluding diaryl/α,β-unsaturated/α-hetero) is 1. The number of fused-ring (bicyclic) bond motifs is 3. The molecule has 0 N–H and O–H groups in total. The molecule has 0 aliphatic heterocycles. The standard InChI is InChI=1S/C21H22O/c1-14-7-6-8-15(21(14)22)13-20-18-11-4-2-9-16(18)17-10-3-5-12-19(17)20/h2-5,9-12,14-15,20H,6-8,13H2,1H3. The first kappa shape index (κ1) is 13.8. The minimum atomic E-state index is 0.243. The van der Waals surface area contributed by atoms with E-state index in [9.17, 15) is 4.79 Å². The third-order valence-corrected chi connectivity index (χ3v) is 5.56. The third-order valence-electron chi connectivity index (χ3n) is 5.56. The van der Waals surface area contributed by atoms with E-state index in [-0.39, 0.29) is 11.8 Å². The van der Waals surface area contributed by atoms with Gasteiger partial charge in [-0.05, 0) is 41.5 Å². The fourth-order valence-electron chi connectivity index (χ4n) is 4.39. The molecule has 2 unspecified atom stereocenters. The highest BCUT2D eigenvalue weighted by Gasteiger charge is 2.34. The molecule has 0 saturated heterocycles. The maximum atomic E-state index is 12.5. The van der Waals surface area contributed by atoms with E-state index in [1.807, 2.05) is 0 Å². The number of carbonyl (C=O) groups is 1. The van der Waals surface area contributed by atoms with Crippen LogP contribution in [-0.2, 0) is 4.79 Å². The SMILES string of the molecule is CC1CCCC(CC2c3ccccc3-c3ccccc32)C1=O. The first-order valence-electron chi connectivity index (χ1n) is 8.47. The Hall–Kier alpha value is -1.89. The lowest BCUT2D eigenvalue weighted by Crippen LogP contribution is -2.27. The van der Waals surface area contributed by atoms with Gasteiger partial charge in [0.2, 0.25) is 0 Å². The molecule has 22 heavy (non-hydrogen) atoms. The summed E-state index contributed by atoms with van der Waals surface area (Å²) in [5, 5.41) is 0. The van der Waals surface area contributed by atoms with Crippen molar-refractivity contribution in [2.45, 2.75) is 38.5 Å². The van der Waals surface area contributed by atoms with Crippen LogP contribution in [0.5, 0.6) is 0 Å². The number of ketones is 1. The molecule has 4 rings (SSSR count). The maximum Gasteiger partial charge on any atom is 0.138 e. The van der Waals surface area contributed by atoms with Gasteiger partial charge in [0, 0.05) is 17.8 Å². The Morgan fingerprint density at radius 1 is 0.909 bits per heavy atom. The van der Waals surface area contributed by atoms with E-state index < -0.39 is 0 Å². The molecule has 1 heteroatoms. The fraction of sp³-hybridized carbons (Fsp3) is 0.381. The first-order valence-corrected chi connectivity index (χ1v) is 8.47. The predicted octanol–water partition coefficient (Wildman–Crippen LogP) is 5.19. The lowest BCUT2D eigenvalue weighted by molar-refractivity contribution is -0.128. The summed E-state index contributed by atoms with van der Waals surface area (Å²) in [6, 6.07) is 17.4. The number of carbonyl (C=O) groups excluding carboxylic acids is 1. The van der Waals surface area contributed by atoms with E-state index in [1.54, 1.807) is 0 Å². The van der Waals surface area contributed by atoms with Gasteiger partial charge in [0.05, 0.1) is 0 Å². The van der Waals surface area contributed by atoms with Crippen molar-refractivity contribution < 1.29 is 4.79 Å². The molecule has 2 aromatic carbocycles. The summed E-state index contributed by atoms with van der Waals surface area (Å²) >= 11 is 0. The lowest BCUT2D eigenvalue weighted by Gasteiger charge is -2.28. The van der Waals surface area contributed by atoms with Crippen LogP contribution in [-0.4, -0.2) is 5.78 Å². The average Bonchev–Trinajstić information content (AvgIpc) is 2.87. The molecule has 1 fully saturated rings. The van der Waals surface area contributed by atoms with Crippen LogP contribution in [0.25, 0.3) is 11.1 Å². The molecule has 2 aliphatic carbocycles. The molecule has 0 spiro atoms. The fourth-order valence-corrected chi connectivity index (χ4v) is 4.39. The Labute approximate surface area is 132 Å². The van der Waals surface area contributed by atoms with Crippen molar-refractivity contribution in [2.24, 2.45) is 11.8 Å². The van der Waals surface area contributed by atoms with Gasteiger partial charge in [0.15, 0.2) is 0 Å². The van der Waals surface area contributed by atoms with Gasteiger partial charge in [-0.3, -0.25) is 4.79 Å². The van der Waals surface area contributed by atoms with E-state index in [0.717, 1.165) is 19.3 Å². The van der Waals surface area contributed by atoms with Gasteiger partial charge >= 0.3 is 0 Å². The van der Waals surface area contributed by atoms with Crippen LogP contribution in [0.3, 0.4) is 0 Å². The van der Waals surface area contributed by atoms with E-state index in [0.29, 0.717) is 11.7 Å². The second-order valence-electron chi connectivity index (χ2n) is 6.89. The summed E-state index contributed by atoms with van der Waals surface area (Å²) < 4.78 is 0. The molecular weight excluding hydrogens is 268 g/mol. The Morgan fingerprint density at radius 2 is 1.50 bits per heavy atom. The number of rotatable bonds is 2. The monoisotopic (exact) mass is 290 g/mol. The van der Waals surface area contributed by atoms with Gasteiger partial charge in [-0.2, -0.15) is 0 Å². The van der Waals surface area contributed by atoms with Crippen molar-refractivity contribution in [3.63, 3.8) is 0 Å². The summed E-state index contributed by atoms with van der Waals surface area (Å²) in [5.74, 6) is 1.39. The Morgan fingerprint density at radius 3 is 2.14 bits per heavy atom. The minimum absolute atomic E-state index is 0.243. The van der Waals surface area contributed by atoms with Crippen LogP contribution in [0.2, 0.25) is 0 Å². The van der Waals surface area contributed by atoms with Crippen LogP contribution in [0, 0.1) is 11.8 Å². The maximum absolute atomic E-state index is 12.5. The smallest absolute Gasteiger partial charge is 0.138 e. The van der Waals surface area contributed by atoms with Gasteiger partial charge in [-0.25, -0.2) is 0 Å². The molecule has 0 heterocycles. The van der Waals surface area contributed by atoms with Crippen LogP contribution < -0.4 is 0 Å². The molecule has 2 aromatic rings.